The largest absolute Gasteiger partial charge is 0.285 e. The molecule has 0 N–H and O–H groups in total. The molecule has 1 aromatic rings. The van der Waals surface area contributed by atoms with E-state index in [9.17, 15) is 9.59 Å². The molecule has 0 saturated carbocycles. The average molecular weight is 296 g/mol. The lowest BCUT2D eigenvalue weighted by molar-refractivity contribution is -0.111. The fourth-order valence-electron chi connectivity index (χ4n) is 1.39. The molecule has 0 heterocycles. The van der Waals surface area contributed by atoms with Crippen molar-refractivity contribution in [2.75, 3.05) is 0 Å². The van der Waals surface area contributed by atoms with Crippen LogP contribution >= 0.6 is 46.4 Å². The summed E-state index contributed by atoms with van der Waals surface area (Å²) < 4.78 is 0. The first-order valence-electron chi connectivity index (χ1n) is 4.07. The highest BCUT2D eigenvalue weighted by Crippen LogP contribution is 2.41. The van der Waals surface area contributed by atoms with Crippen molar-refractivity contribution in [3.63, 3.8) is 0 Å². The summed E-state index contributed by atoms with van der Waals surface area (Å²) in [5, 5.41) is -0.0227. The second kappa shape index (κ2) is 4.04. The van der Waals surface area contributed by atoms with Gasteiger partial charge in [0.15, 0.2) is 0 Å². The molecular weight excluding hydrogens is 294 g/mol. The van der Waals surface area contributed by atoms with Gasteiger partial charge in [0.2, 0.25) is 11.6 Å². The maximum Gasteiger partial charge on any atom is 0.246 e. The van der Waals surface area contributed by atoms with Gasteiger partial charge >= 0.3 is 0 Å². The van der Waals surface area contributed by atoms with Gasteiger partial charge in [-0.3, -0.25) is 9.59 Å². The first-order chi connectivity index (χ1) is 7.45. The second-order valence-corrected chi connectivity index (χ2v) is 4.61. The topological polar surface area (TPSA) is 34.1 Å². The third kappa shape index (κ3) is 1.57. The normalized spacial score (nSPS) is 15.5. The molecule has 0 aliphatic heterocycles. The number of carbonyl (C=O) groups excluding carboxylic acids is 2. The van der Waals surface area contributed by atoms with Crippen molar-refractivity contribution >= 4 is 63.0 Å². The number of Topliss-reactive ketones (excluding diaryl/α,β-unsaturated/α-hetero) is 2. The van der Waals surface area contributed by atoms with Crippen LogP contribution in [0.15, 0.2) is 17.2 Å². The Morgan fingerprint density at radius 3 is 2.06 bits per heavy atom. The zero-order valence-corrected chi connectivity index (χ0v) is 10.5. The van der Waals surface area contributed by atoms with Gasteiger partial charge in [-0.25, -0.2) is 0 Å². The Labute approximate surface area is 111 Å². The van der Waals surface area contributed by atoms with Crippen LogP contribution in [-0.2, 0) is 4.79 Å². The van der Waals surface area contributed by atoms with E-state index in [0.717, 1.165) is 0 Å². The van der Waals surface area contributed by atoms with Crippen molar-refractivity contribution in [2.24, 2.45) is 0 Å². The Morgan fingerprint density at radius 2 is 1.44 bits per heavy atom. The monoisotopic (exact) mass is 294 g/mol. The van der Waals surface area contributed by atoms with Crippen LogP contribution < -0.4 is 0 Å². The van der Waals surface area contributed by atoms with Crippen LogP contribution in [-0.4, -0.2) is 11.6 Å². The van der Waals surface area contributed by atoms with Gasteiger partial charge in [0.1, 0.15) is 5.03 Å². The number of allylic oxidation sites excluding steroid dienone is 1. The average Bonchev–Trinajstić information content (AvgIpc) is 2.27. The number of carbonyl (C=O) groups is 2. The molecule has 0 saturated heterocycles. The third-order valence-corrected chi connectivity index (χ3v) is 3.80. The van der Waals surface area contributed by atoms with Crippen LogP contribution in [0.5, 0.6) is 0 Å². The smallest absolute Gasteiger partial charge is 0.246 e. The summed E-state index contributed by atoms with van der Waals surface area (Å²) >= 11 is 23.2. The third-order valence-electron chi connectivity index (χ3n) is 2.16. The van der Waals surface area contributed by atoms with E-state index in [4.69, 9.17) is 46.4 Å². The molecular formula is C10H2Cl4O2. The summed E-state index contributed by atoms with van der Waals surface area (Å²) in [6, 6.07) is 2.83. The maximum atomic E-state index is 11.6. The van der Waals surface area contributed by atoms with Gasteiger partial charge in [-0.1, -0.05) is 46.4 Å². The van der Waals surface area contributed by atoms with E-state index < -0.39 is 11.6 Å². The zero-order chi connectivity index (χ0) is 12.0. The van der Waals surface area contributed by atoms with E-state index in [-0.39, 0.29) is 31.2 Å². The molecule has 1 aliphatic rings. The minimum atomic E-state index is -0.836. The molecule has 0 bridgehead atoms. The lowest BCUT2D eigenvalue weighted by atomic mass is 9.95. The fraction of sp³-hybridized carbons (Fsp3) is 0. The molecule has 2 nitrogen and oxygen atoms in total. The van der Waals surface area contributed by atoms with E-state index >= 15 is 0 Å². The number of hydrogen-bond donors (Lipinski definition) is 0. The van der Waals surface area contributed by atoms with Crippen molar-refractivity contribution in [2.45, 2.75) is 0 Å². The van der Waals surface area contributed by atoms with E-state index in [1.54, 1.807) is 0 Å². The van der Waals surface area contributed by atoms with Gasteiger partial charge in [-0.2, -0.15) is 0 Å². The van der Waals surface area contributed by atoms with E-state index in [0.29, 0.717) is 0 Å². The maximum absolute atomic E-state index is 11.6. The van der Waals surface area contributed by atoms with E-state index in [1.165, 1.54) is 12.1 Å². The molecule has 0 fully saturated rings. The van der Waals surface area contributed by atoms with Gasteiger partial charge < -0.3 is 0 Å². The lowest BCUT2D eigenvalue weighted by Crippen LogP contribution is -2.21. The molecule has 0 radical (unpaired) electrons. The van der Waals surface area contributed by atoms with Gasteiger partial charge in [0.05, 0.1) is 15.1 Å². The first kappa shape index (κ1) is 11.9. The standard InChI is InChI=1S/C10H2Cl4O2/c11-4-2-1-3-5(6(4)12)7(13)8(14)10(16)9(3)15/h1-2H. The molecule has 0 atom stereocenters. The molecule has 16 heavy (non-hydrogen) atoms. The van der Waals surface area contributed by atoms with Crippen LogP contribution in [0.2, 0.25) is 10.0 Å². The molecule has 2 rings (SSSR count). The molecule has 82 valence electrons. The summed E-state index contributed by atoms with van der Waals surface area (Å²) in [4.78, 5) is 23.0. The van der Waals surface area contributed by atoms with Crippen molar-refractivity contribution in [3.8, 4) is 0 Å². The van der Waals surface area contributed by atoms with Gasteiger partial charge in [-0.15, -0.1) is 0 Å². The summed E-state index contributed by atoms with van der Waals surface area (Å²) in [5.74, 6) is -1.57. The number of fused-ring (bicyclic) bond motifs is 1. The SMILES string of the molecule is O=C1C(=O)c2ccc(Cl)c(Cl)c2C(Cl)=C1Cl. The number of rotatable bonds is 0. The first-order valence-corrected chi connectivity index (χ1v) is 5.59. The highest BCUT2D eigenvalue weighted by molar-refractivity contribution is 6.71. The van der Waals surface area contributed by atoms with Gasteiger partial charge in [0, 0.05) is 11.1 Å². The van der Waals surface area contributed by atoms with Crippen LogP contribution in [0, 0.1) is 0 Å². The highest BCUT2D eigenvalue weighted by atomic mass is 35.5. The predicted molar refractivity (Wildman–Crippen MR) is 64.4 cm³/mol. The van der Waals surface area contributed by atoms with Crippen LogP contribution in [0.4, 0.5) is 0 Å². The quantitative estimate of drug-likeness (QED) is 0.680. The minimum Gasteiger partial charge on any atom is -0.285 e. The second-order valence-electron chi connectivity index (χ2n) is 3.07. The molecule has 1 aliphatic carbocycles. The summed E-state index contributed by atoms with van der Waals surface area (Å²) in [7, 11) is 0. The minimum absolute atomic E-state index is 0.0474. The summed E-state index contributed by atoms with van der Waals surface area (Å²) in [6.45, 7) is 0. The van der Waals surface area contributed by atoms with Crippen LogP contribution in [0.25, 0.3) is 5.03 Å². The molecule has 0 aromatic heterocycles. The Kier molecular flexibility index (Phi) is 3.01. The number of ketones is 2. The fourth-order valence-corrected chi connectivity index (χ4v) is 2.31. The van der Waals surface area contributed by atoms with Crippen molar-refractivity contribution in [1.29, 1.82) is 0 Å². The van der Waals surface area contributed by atoms with Crippen LogP contribution in [0.1, 0.15) is 15.9 Å². The number of halogens is 4. The predicted octanol–water partition coefficient (Wildman–Crippen LogP) is 3.91. The Bertz CT molecular complexity index is 560. The number of hydrogen-bond acceptors (Lipinski definition) is 2. The van der Waals surface area contributed by atoms with E-state index in [2.05, 4.69) is 0 Å². The van der Waals surface area contributed by atoms with Crippen molar-refractivity contribution in [1.82, 2.24) is 0 Å². The molecule has 6 heteroatoms. The Hall–Kier alpha value is -0.540. The Balaban J connectivity index is 2.87. The Morgan fingerprint density at radius 1 is 0.812 bits per heavy atom. The van der Waals surface area contributed by atoms with E-state index in [1.807, 2.05) is 0 Å². The summed E-state index contributed by atoms with van der Waals surface area (Å²) in [5.41, 5.74) is 0.333. The summed E-state index contributed by atoms with van der Waals surface area (Å²) in [6.07, 6.45) is 0. The zero-order valence-electron chi connectivity index (χ0n) is 7.48. The molecule has 0 unspecified atom stereocenters. The van der Waals surface area contributed by atoms with Crippen LogP contribution in [0.3, 0.4) is 0 Å². The van der Waals surface area contributed by atoms with Crippen molar-refractivity contribution < 1.29 is 9.59 Å². The van der Waals surface area contributed by atoms with Crippen molar-refractivity contribution in [3.05, 3.63) is 38.3 Å². The molecule has 0 spiro atoms. The lowest BCUT2D eigenvalue weighted by Gasteiger charge is -2.16. The molecule has 1 aromatic carbocycles. The molecule has 0 amide bonds. The van der Waals surface area contributed by atoms with Gasteiger partial charge in [-0.05, 0) is 12.1 Å². The number of benzene rings is 1. The highest BCUT2D eigenvalue weighted by Gasteiger charge is 2.33. The van der Waals surface area contributed by atoms with Gasteiger partial charge in [0.25, 0.3) is 0 Å².